The number of carbonyl (C=O) groups is 2. The van der Waals surface area contributed by atoms with Crippen molar-refractivity contribution in [1.29, 1.82) is 0 Å². The average molecular weight is 323 g/mol. The van der Waals surface area contributed by atoms with Gasteiger partial charge in [0.1, 0.15) is 0 Å². The smallest absolute Gasteiger partial charge is 0.307 e. The zero-order valence-electron chi connectivity index (χ0n) is 13.7. The van der Waals surface area contributed by atoms with E-state index in [1.807, 2.05) is 48.5 Å². The third kappa shape index (κ3) is 4.02. The highest BCUT2D eigenvalue weighted by Gasteiger charge is 2.21. The standard InChI is InChI=1S/C20H21NO3/c1-14(24-19(22)12-15-6-2-3-7-15)20(23)21-18-11-10-16-8-4-5-9-17(16)13-18/h2,4-6,8-11,13-15H,3,7,12H2,1H3,(H,21,23)/t14-,15-/m1/s1. The molecule has 0 bridgehead atoms. The van der Waals surface area contributed by atoms with Crippen molar-refractivity contribution in [3.8, 4) is 0 Å². The Labute approximate surface area is 141 Å². The fourth-order valence-electron chi connectivity index (χ4n) is 2.89. The molecule has 2 aromatic rings. The van der Waals surface area contributed by atoms with Crippen LogP contribution in [-0.4, -0.2) is 18.0 Å². The van der Waals surface area contributed by atoms with Crippen LogP contribution < -0.4 is 5.32 Å². The van der Waals surface area contributed by atoms with E-state index in [0.717, 1.165) is 23.6 Å². The van der Waals surface area contributed by atoms with Crippen molar-refractivity contribution in [2.24, 2.45) is 5.92 Å². The Balaban J connectivity index is 1.56. The Hall–Kier alpha value is -2.62. The van der Waals surface area contributed by atoms with Gasteiger partial charge in [0.05, 0.1) is 6.42 Å². The number of rotatable bonds is 5. The number of benzene rings is 2. The van der Waals surface area contributed by atoms with Gasteiger partial charge in [0, 0.05) is 5.69 Å². The summed E-state index contributed by atoms with van der Waals surface area (Å²) < 4.78 is 5.25. The predicted molar refractivity (Wildman–Crippen MR) is 94.6 cm³/mol. The summed E-state index contributed by atoms with van der Waals surface area (Å²) in [5.41, 5.74) is 0.695. The Bertz CT molecular complexity index is 781. The maximum Gasteiger partial charge on any atom is 0.307 e. The highest BCUT2D eigenvalue weighted by molar-refractivity contribution is 5.97. The third-order valence-electron chi connectivity index (χ3n) is 4.24. The molecule has 0 aliphatic heterocycles. The lowest BCUT2D eigenvalue weighted by molar-refractivity contribution is -0.153. The van der Waals surface area contributed by atoms with Gasteiger partial charge in [-0.1, -0.05) is 42.5 Å². The van der Waals surface area contributed by atoms with Crippen molar-refractivity contribution in [3.63, 3.8) is 0 Å². The van der Waals surface area contributed by atoms with Crippen molar-refractivity contribution >= 4 is 28.3 Å². The lowest BCUT2D eigenvalue weighted by Gasteiger charge is -2.15. The van der Waals surface area contributed by atoms with E-state index >= 15 is 0 Å². The molecule has 1 aliphatic carbocycles. The molecule has 2 aromatic carbocycles. The Morgan fingerprint density at radius 1 is 1.21 bits per heavy atom. The summed E-state index contributed by atoms with van der Waals surface area (Å²) in [6.07, 6.45) is 5.64. The molecule has 2 atom stereocenters. The van der Waals surface area contributed by atoms with Crippen molar-refractivity contribution in [2.75, 3.05) is 5.32 Å². The van der Waals surface area contributed by atoms with Gasteiger partial charge < -0.3 is 10.1 Å². The molecule has 0 saturated carbocycles. The number of nitrogens with one attached hydrogen (secondary N) is 1. The van der Waals surface area contributed by atoms with Gasteiger partial charge in [-0.15, -0.1) is 0 Å². The Morgan fingerprint density at radius 2 is 2.00 bits per heavy atom. The first-order valence-electron chi connectivity index (χ1n) is 8.27. The fraction of sp³-hybridized carbons (Fsp3) is 0.300. The molecule has 1 aliphatic rings. The van der Waals surface area contributed by atoms with Gasteiger partial charge in [-0.2, -0.15) is 0 Å². The molecule has 0 aromatic heterocycles. The largest absolute Gasteiger partial charge is 0.453 e. The van der Waals surface area contributed by atoms with Crippen molar-refractivity contribution in [1.82, 2.24) is 0 Å². The predicted octanol–water partition coefficient (Wildman–Crippen LogP) is 4.07. The van der Waals surface area contributed by atoms with Crippen LogP contribution >= 0.6 is 0 Å². The number of allylic oxidation sites excluding steroid dienone is 2. The molecule has 24 heavy (non-hydrogen) atoms. The van der Waals surface area contributed by atoms with Gasteiger partial charge in [-0.25, -0.2) is 0 Å². The van der Waals surface area contributed by atoms with E-state index in [2.05, 4.69) is 11.4 Å². The van der Waals surface area contributed by atoms with E-state index in [1.165, 1.54) is 0 Å². The summed E-state index contributed by atoms with van der Waals surface area (Å²) >= 11 is 0. The lowest BCUT2D eigenvalue weighted by atomic mass is 10.1. The number of esters is 1. The van der Waals surface area contributed by atoms with Crippen LogP contribution in [0.3, 0.4) is 0 Å². The molecule has 1 amide bonds. The Kier molecular flexibility index (Phi) is 4.94. The number of fused-ring (bicyclic) bond motifs is 1. The maximum absolute atomic E-state index is 12.2. The summed E-state index contributed by atoms with van der Waals surface area (Å²) in [6.45, 7) is 1.60. The van der Waals surface area contributed by atoms with Crippen LogP contribution in [0.15, 0.2) is 54.6 Å². The summed E-state index contributed by atoms with van der Waals surface area (Å²) in [4.78, 5) is 24.1. The van der Waals surface area contributed by atoms with Gasteiger partial charge in [-0.05, 0) is 48.6 Å². The molecule has 0 fully saturated rings. The highest BCUT2D eigenvalue weighted by atomic mass is 16.5. The normalized spacial score (nSPS) is 17.6. The van der Waals surface area contributed by atoms with E-state index in [0.29, 0.717) is 12.1 Å². The molecule has 1 N–H and O–H groups in total. The number of anilines is 1. The molecule has 0 radical (unpaired) electrons. The number of amides is 1. The van der Waals surface area contributed by atoms with Gasteiger partial charge in [0.25, 0.3) is 5.91 Å². The molecule has 0 unspecified atom stereocenters. The molecule has 0 saturated heterocycles. The van der Waals surface area contributed by atoms with Crippen molar-refractivity contribution < 1.29 is 14.3 Å². The van der Waals surface area contributed by atoms with Crippen LogP contribution in [0.1, 0.15) is 26.2 Å². The average Bonchev–Trinajstić information content (AvgIpc) is 3.07. The first-order valence-corrected chi connectivity index (χ1v) is 8.27. The fourth-order valence-corrected chi connectivity index (χ4v) is 2.89. The molecule has 0 heterocycles. The van der Waals surface area contributed by atoms with E-state index in [4.69, 9.17) is 4.74 Å². The first kappa shape index (κ1) is 16.2. The minimum Gasteiger partial charge on any atom is -0.453 e. The molecule has 0 spiro atoms. The molecular weight excluding hydrogens is 302 g/mol. The molecule has 4 heteroatoms. The van der Waals surface area contributed by atoms with E-state index in [9.17, 15) is 9.59 Å². The van der Waals surface area contributed by atoms with Crippen LogP contribution in [0.4, 0.5) is 5.69 Å². The zero-order valence-corrected chi connectivity index (χ0v) is 13.7. The maximum atomic E-state index is 12.2. The number of ether oxygens (including phenoxy) is 1. The molecule has 3 rings (SSSR count). The van der Waals surface area contributed by atoms with E-state index < -0.39 is 6.10 Å². The summed E-state index contributed by atoms with van der Waals surface area (Å²) in [6, 6.07) is 13.6. The molecule has 124 valence electrons. The van der Waals surface area contributed by atoms with Gasteiger partial charge in [0.15, 0.2) is 6.10 Å². The molecule has 4 nitrogen and oxygen atoms in total. The second kappa shape index (κ2) is 7.30. The second-order valence-corrected chi connectivity index (χ2v) is 6.15. The summed E-state index contributed by atoms with van der Waals surface area (Å²) in [5.74, 6) is -0.401. The SMILES string of the molecule is C[C@@H](OC(=O)C[C@@H]1C=CCC1)C(=O)Nc1ccc2ccccc2c1. The van der Waals surface area contributed by atoms with Crippen LogP contribution in [0, 0.1) is 5.92 Å². The van der Waals surface area contributed by atoms with E-state index in [1.54, 1.807) is 6.92 Å². The van der Waals surface area contributed by atoms with Crippen molar-refractivity contribution in [3.05, 3.63) is 54.6 Å². The summed E-state index contributed by atoms with van der Waals surface area (Å²) in [5, 5.41) is 4.96. The lowest BCUT2D eigenvalue weighted by Crippen LogP contribution is -2.30. The quantitative estimate of drug-likeness (QED) is 0.666. The zero-order chi connectivity index (χ0) is 16.9. The number of hydrogen-bond acceptors (Lipinski definition) is 3. The Morgan fingerprint density at radius 3 is 2.75 bits per heavy atom. The van der Waals surface area contributed by atoms with Crippen molar-refractivity contribution in [2.45, 2.75) is 32.3 Å². The van der Waals surface area contributed by atoms with Crippen LogP contribution in [0.2, 0.25) is 0 Å². The molecular formula is C20H21NO3. The number of carbonyl (C=O) groups excluding carboxylic acids is 2. The minimum absolute atomic E-state index is 0.244. The first-order chi connectivity index (χ1) is 11.6. The van der Waals surface area contributed by atoms with E-state index in [-0.39, 0.29) is 17.8 Å². The van der Waals surface area contributed by atoms with Gasteiger partial charge in [0.2, 0.25) is 0 Å². The number of hydrogen-bond donors (Lipinski definition) is 1. The topological polar surface area (TPSA) is 55.4 Å². The monoisotopic (exact) mass is 323 g/mol. The van der Waals surface area contributed by atoms with Crippen LogP contribution in [0.5, 0.6) is 0 Å². The second-order valence-electron chi connectivity index (χ2n) is 6.15. The highest BCUT2D eigenvalue weighted by Crippen LogP contribution is 2.21. The van der Waals surface area contributed by atoms with Crippen LogP contribution in [0.25, 0.3) is 10.8 Å². The summed E-state index contributed by atoms with van der Waals surface area (Å²) in [7, 11) is 0. The third-order valence-corrected chi connectivity index (χ3v) is 4.24. The van der Waals surface area contributed by atoms with Crippen LogP contribution in [-0.2, 0) is 14.3 Å². The van der Waals surface area contributed by atoms with Gasteiger partial charge >= 0.3 is 5.97 Å². The minimum atomic E-state index is -0.811. The van der Waals surface area contributed by atoms with Gasteiger partial charge in [-0.3, -0.25) is 9.59 Å².